The van der Waals surface area contributed by atoms with Gasteiger partial charge in [-0.1, -0.05) is 0 Å². The summed E-state index contributed by atoms with van der Waals surface area (Å²) in [5.74, 6) is -3.09. The number of esters is 1. The zero-order valence-electron chi connectivity index (χ0n) is 9.24. The quantitative estimate of drug-likeness (QED) is 0.566. The highest BCUT2D eigenvalue weighted by Crippen LogP contribution is 2.32. The summed E-state index contributed by atoms with van der Waals surface area (Å²) in [6.45, 7) is 2.01. The minimum absolute atomic E-state index is 0.163. The number of hydrogen-bond donors (Lipinski definition) is 2. The lowest BCUT2D eigenvalue weighted by Gasteiger charge is -2.26. The summed E-state index contributed by atoms with van der Waals surface area (Å²) in [5.41, 5.74) is -2.43. The highest BCUT2D eigenvalue weighted by Gasteiger charge is 2.50. The van der Waals surface area contributed by atoms with E-state index in [1.165, 1.54) is 6.92 Å². The van der Waals surface area contributed by atoms with Crippen molar-refractivity contribution in [1.29, 1.82) is 0 Å². The van der Waals surface area contributed by atoms with Crippen molar-refractivity contribution in [2.24, 2.45) is 5.41 Å². The minimum atomic E-state index is -4.98. The second kappa shape index (κ2) is 5.35. The summed E-state index contributed by atoms with van der Waals surface area (Å²) in [7, 11) is 0. The predicted molar refractivity (Wildman–Crippen MR) is 49.1 cm³/mol. The monoisotopic (exact) mass is 258 g/mol. The lowest BCUT2D eigenvalue weighted by molar-refractivity contribution is -0.215. The van der Waals surface area contributed by atoms with E-state index >= 15 is 0 Å². The minimum Gasteiger partial charge on any atom is -0.480 e. The first-order valence-electron chi connectivity index (χ1n) is 4.71. The van der Waals surface area contributed by atoms with Gasteiger partial charge in [0.05, 0.1) is 6.61 Å². The summed E-state index contributed by atoms with van der Waals surface area (Å²) in [6, 6.07) is 0. The van der Waals surface area contributed by atoms with Crippen LogP contribution in [0.1, 0.15) is 20.3 Å². The Balaban J connectivity index is 4.99. The number of aliphatic hydroxyl groups excluding tert-OH is 1. The molecule has 0 aliphatic heterocycles. The summed E-state index contributed by atoms with van der Waals surface area (Å²) in [5, 5.41) is 17.6. The standard InChI is InChI=1S/C9H13F3O5/c1-3-17-7(16)8(2,6(14)15)4-5(13)9(10,11)12/h5,13H,3-4H2,1-2H3,(H,14,15). The molecule has 17 heavy (non-hydrogen) atoms. The van der Waals surface area contributed by atoms with Crippen LogP contribution in [0.15, 0.2) is 0 Å². The van der Waals surface area contributed by atoms with Gasteiger partial charge in [0.25, 0.3) is 0 Å². The van der Waals surface area contributed by atoms with Gasteiger partial charge in [0.2, 0.25) is 0 Å². The molecule has 100 valence electrons. The van der Waals surface area contributed by atoms with Crippen molar-refractivity contribution in [3.8, 4) is 0 Å². The van der Waals surface area contributed by atoms with Crippen molar-refractivity contribution in [3.05, 3.63) is 0 Å². The van der Waals surface area contributed by atoms with E-state index in [0.29, 0.717) is 0 Å². The zero-order chi connectivity index (χ0) is 13.9. The van der Waals surface area contributed by atoms with E-state index in [-0.39, 0.29) is 6.61 Å². The third-order valence-corrected chi connectivity index (χ3v) is 2.18. The first kappa shape index (κ1) is 15.7. The molecule has 8 heteroatoms. The lowest BCUT2D eigenvalue weighted by atomic mass is 9.84. The second-order valence-electron chi connectivity index (χ2n) is 3.62. The molecule has 0 rings (SSSR count). The van der Waals surface area contributed by atoms with E-state index in [1.807, 2.05) is 0 Å². The average Bonchev–Trinajstić information content (AvgIpc) is 2.15. The van der Waals surface area contributed by atoms with Gasteiger partial charge in [-0.2, -0.15) is 13.2 Å². The van der Waals surface area contributed by atoms with Crippen molar-refractivity contribution in [2.75, 3.05) is 6.61 Å². The van der Waals surface area contributed by atoms with E-state index in [9.17, 15) is 22.8 Å². The fraction of sp³-hybridized carbons (Fsp3) is 0.778. The molecule has 0 aliphatic rings. The number of carboxylic acids is 1. The maximum Gasteiger partial charge on any atom is 0.414 e. The Morgan fingerprint density at radius 3 is 2.12 bits per heavy atom. The molecule has 5 nitrogen and oxygen atoms in total. The van der Waals surface area contributed by atoms with Gasteiger partial charge in [-0.05, 0) is 13.8 Å². The van der Waals surface area contributed by atoms with Crippen LogP contribution in [-0.2, 0) is 14.3 Å². The molecular weight excluding hydrogens is 245 g/mol. The Hall–Kier alpha value is -1.31. The number of rotatable bonds is 5. The van der Waals surface area contributed by atoms with Gasteiger partial charge in [-0.15, -0.1) is 0 Å². The van der Waals surface area contributed by atoms with E-state index < -0.39 is 36.1 Å². The molecule has 0 heterocycles. The topological polar surface area (TPSA) is 83.8 Å². The molecule has 2 unspecified atom stereocenters. The van der Waals surface area contributed by atoms with E-state index in [1.54, 1.807) is 0 Å². The molecule has 0 radical (unpaired) electrons. The van der Waals surface area contributed by atoms with Crippen molar-refractivity contribution >= 4 is 11.9 Å². The third-order valence-electron chi connectivity index (χ3n) is 2.18. The van der Waals surface area contributed by atoms with Crippen LogP contribution in [0.2, 0.25) is 0 Å². The van der Waals surface area contributed by atoms with Crippen LogP contribution in [0.25, 0.3) is 0 Å². The summed E-state index contributed by atoms with van der Waals surface area (Å²) < 4.78 is 40.7. The highest BCUT2D eigenvalue weighted by molar-refractivity contribution is 5.98. The van der Waals surface area contributed by atoms with Gasteiger partial charge in [-0.25, -0.2) is 0 Å². The number of ether oxygens (including phenoxy) is 1. The molecule has 0 aromatic carbocycles. The van der Waals surface area contributed by atoms with Crippen molar-refractivity contribution in [2.45, 2.75) is 32.5 Å². The van der Waals surface area contributed by atoms with Crippen LogP contribution < -0.4 is 0 Å². The molecule has 0 spiro atoms. The summed E-state index contributed by atoms with van der Waals surface area (Å²) in [4.78, 5) is 22.1. The smallest absolute Gasteiger partial charge is 0.414 e. The predicted octanol–water partition coefficient (Wildman–Crippen LogP) is 0.954. The van der Waals surface area contributed by atoms with Crippen molar-refractivity contribution < 1.29 is 37.7 Å². The first-order chi connectivity index (χ1) is 7.55. The van der Waals surface area contributed by atoms with Crippen LogP contribution in [0.4, 0.5) is 13.2 Å². The molecule has 0 aliphatic carbocycles. The van der Waals surface area contributed by atoms with Gasteiger partial charge in [0.1, 0.15) is 0 Å². The largest absolute Gasteiger partial charge is 0.480 e. The Morgan fingerprint density at radius 2 is 1.82 bits per heavy atom. The molecule has 2 N–H and O–H groups in total. The van der Waals surface area contributed by atoms with Crippen LogP contribution >= 0.6 is 0 Å². The Morgan fingerprint density at radius 1 is 1.35 bits per heavy atom. The number of halogens is 3. The van der Waals surface area contributed by atoms with Gasteiger partial charge in [-0.3, -0.25) is 9.59 Å². The second-order valence-corrected chi connectivity index (χ2v) is 3.62. The number of carboxylic acid groups (broad SMARTS) is 1. The third kappa shape index (κ3) is 3.88. The number of aliphatic carboxylic acids is 1. The van der Waals surface area contributed by atoms with Crippen molar-refractivity contribution in [1.82, 2.24) is 0 Å². The molecule has 2 atom stereocenters. The first-order valence-corrected chi connectivity index (χ1v) is 4.71. The van der Waals surface area contributed by atoms with Gasteiger partial charge >= 0.3 is 18.1 Å². The van der Waals surface area contributed by atoms with E-state index in [0.717, 1.165) is 6.92 Å². The van der Waals surface area contributed by atoms with Crippen molar-refractivity contribution in [3.63, 3.8) is 0 Å². The van der Waals surface area contributed by atoms with Gasteiger partial charge < -0.3 is 14.9 Å². The van der Waals surface area contributed by atoms with E-state index in [2.05, 4.69) is 4.74 Å². The average molecular weight is 258 g/mol. The molecule has 0 fully saturated rings. The molecule has 0 amide bonds. The summed E-state index contributed by atoms with van der Waals surface area (Å²) in [6.07, 6.45) is -9.17. The number of alkyl halides is 3. The van der Waals surface area contributed by atoms with Gasteiger partial charge in [0, 0.05) is 6.42 Å². The molecule has 0 saturated heterocycles. The number of carbonyl (C=O) groups excluding carboxylic acids is 1. The number of hydrogen-bond acceptors (Lipinski definition) is 4. The SMILES string of the molecule is CCOC(=O)C(C)(CC(O)C(F)(F)F)C(=O)O. The summed E-state index contributed by atoms with van der Waals surface area (Å²) >= 11 is 0. The molecular formula is C9H13F3O5. The molecule has 0 aromatic heterocycles. The Labute approximate surface area is 95.2 Å². The molecule has 0 bridgehead atoms. The number of aliphatic hydroxyl groups is 1. The number of carbonyl (C=O) groups is 2. The Bertz CT molecular complexity index is 301. The maximum absolute atomic E-state index is 12.1. The van der Waals surface area contributed by atoms with Crippen LogP contribution in [-0.4, -0.2) is 41.0 Å². The zero-order valence-corrected chi connectivity index (χ0v) is 9.24. The van der Waals surface area contributed by atoms with Gasteiger partial charge in [0.15, 0.2) is 11.5 Å². The maximum atomic E-state index is 12.1. The normalized spacial score (nSPS) is 17.1. The Kier molecular flexibility index (Phi) is 4.94. The van der Waals surface area contributed by atoms with E-state index in [4.69, 9.17) is 10.2 Å². The fourth-order valence-electron chi connectivity index (χ4n) is 1.05. The van der Waals surface area contributed by atoms with Crippen LogP contribution in [0.5, 0.6) is 0 Å². The molecule has 0 aromatic rings. The highest BCUT2D eigenvalue weighted by atomic mass is 19.4. The van der Waals surface area contributed by atoms with Crippen LogP contribution in [0.3, 0.4) is 0 Å². The van der Waals surface area contributed by atoms with Crippen LogP contribution in [0, 0.1) is 5.41 Å². The molecule has 0 saturated carbocycles. The fourth-order valence-corrected chi connectivity index (χ4v) is 1.05. The lowest BCUT2D eigenvalue weighted by Crippen LogP contribution is -2.44.